The first-order valence-corrected chi connectivity index (χ1v) is 11.3. The van der Waals surface area contributed by atoms with Crippen molar-refractivity contribution in [2.45, 2.75) is 52.9 Å². The maximum Gasteiger partial charge on any atom is 0.253 e. The van der Waals surface area contributed by atoms with Crippen molar-refractivity contribution in [3.63, 3.8) is 0 Å². The first-order chi connectivity index (χ1) is 13.8. The van der Waals surface area contributed by atoms with E-state index in [0.717, 1.165) is 54.2 Å². The lowest BCUT2D eigenvalue weighted by atomic mass is 9.96. The Morgan fingerprint density at radius 1 is 1.21 bits per heavy atom. The van der Waals surface area contributed by atoms with E-state index in [0.29, 0.717) is 12.5 Å². The Bertz CT molecular complexity index is 867. The van der Waals surface area contributed by atoms with Crippen LogP contribution in [0.1, 0.15) is 64.8 Å². The Hall–Kier alpha value is -2.21. The Balaban J connectivity index is 1.50. The van der Waals surface area contributed by atoms with Crippen LogP contribution in [0.5, 0.6) is 0 Å². The minimum absolute atomic E-state index is 0.0118. The van der Waals surface area contributed by atoms with Gasteiger partial charge in [-0.05, 0) is 49.9 Å². The van der Waals surface area contributed by atoms with Crippen LogP contribution in [-0.2, 0) is 11.2 Å². The number of hydrogen-bond donors (Lipinski definition) is 1. The molecule has 1 aliphatic rings. The molecule has 0 unspecified atom stereocenters. The zero-order valence-electron chi connectivity index (χ0n) is 17.8. The van der Waals surface area contributed by atoms with Gasteiger partial charge < -0.3 is 10.2 Å². The van der Waals surface area contributed by atoms with Crippen LogP contribution in [0, 0.1) is 19.8 Å². The predicted octanol–water partition coefficient (Wildman–Crippen LogP) is 4.09. The van der Waals surface area contributed by atoms with E-state index in [9.17, 15) is 9.59 Å². The Kier molecular flexibility index (Phi) is 7.06. The van der Waals surface area contributed by atoms with E-state index in [1.807, 2.05) is 43.9 Å². The lowest BCUT2D eigenvalue weighted by Crippen LogP contribution is -2.38. The molecule has 1 fully saturated rings. The first-order valence-electron chi connectivity index (χ1n) is 10.4. The molecule has 2 aromatic rings. The van der Waals surface area contributed by atoms with E-state index < -0.39 is 0 Å². The Labute approximate surface area is 177 Å². The number of likely N-dealkylation sites (tertiary alicyclic amines) is 1. The van der Waals surface area contributed by atoms with Crippen LogP contribution in [0.25, 0.3) is 0 Å². The number of aromatic nitrogens is 1. The minimum Gasteiger partial charge on any atom is -0.355 e. The highest BCUT2D eigenvalue weighted by Gasteiger charge is 2.26. The van der Waals surface area contributed by atoms with Gasteiger partial charge in [0, 0.05) is 48.8 Å². The highest BCUT2D eigenvalue weighted by molar-refractivity contribution is 7.09. The molecule has 1 saturated heterocycles. The molecule has 0 bridgehead atoms. The average molecular weight is 414 g/mol. The van der Waals surface area contributed by atoms with Crippen molar-refractivity contribution in [1.29, 1.82) is 0 Å². The Morgan fingerprint density at radius 3 is 2.59 bits per heavy atom. The number of rotatable bonds is 6. The molecule has 2 heterocycles. The second-order valence-corrected chi connectivity index (χ2v) is 9.13. The fourth-order valence-corrected chi connectivity index (χ4v) is 4.55. The van der Waals surface area contributed by atoms with Gasteiger partial charge in [-0.25, -0.2) is 4.98 Å². The minimum atomic E-state index is 0.0118. The normalized spacial score (nSPS) is 15.0. The van der Waals surface area contributed by atoms with Gasteiger partial charge in [0.2, 0.25) is 5.91 Å². The van der Waals surface area contributed by atoms with Crippen LogP contribution in [-0.4, -0.2) is 41.3 Å². The topological polar surface area (TPSA) is 62.3 Å². The third-order valence-corrected chi connectivity index (χ3v) is 6.72. The third-order valence-electron chi connectivity index (χ3n) is 5.66. The van der Waals surface area contributed by atoms with Crippen LogP contribution < -0.4 is 5.32 Å². The zero-order chi connectivity index (χ0) is 21.0. The van der Waals surface area contributed by atoms with E-state index >= 15 is 0 Å². The standard InChI is InChI=1S/C23H31N3O2S/c1-15(2)21(27)24-10-7-20-14-29-22(25-20)18-8-11-26(12-9-18)23(28)19-6-5-16(3)17(4)13-19/h5-6,13-15,18H,7-12H2,1-4H3,(H,24,27). The van der Waals surface area contributed by atoms with Gasteiger partial charge in [0.25, 0.3) is 5.91 Å². The lowest BCUT2D eigenvalue weighted by molar-refractivity contribution is -0.123. The number of carbonyl (C=O) groups is 2. The summed E-state index contributed by atoms with van der Waals surface area (Å²) in [5, 5.41) is 6.20. The summed E-state index contributed by atoms with van der Waals surface area (Å²) in [5.74, 6) is 0.647. The molecule has 1 aliphatic heterocycles. The smallest absolute Gasteiger partial charge is 0.253 e. The summed E-state index contributed by atoms with van der Waals surface area (Å²) in [6.45, 7) is 10.1. The molecule has 0 atom stereocenters. The van der Waals surface area contributed by atoms with Gasteiger partial charge in [0.1, 0.15) is 0 Å². The molecule has 156 valence electrons. The maximum absolute atomic E-state index is 12.8. The van der Waals surface area contributed by atoms with Crippen LogP contribution >= 0.6 is 11.3 Å². The number of hydrogen-bond acceptors (Lipinski definition) is 4. The molecule has 0 radical (unpaired) electrons. The van der Waals surface area contributed by atoms with E-state index in [2.05, 4.69) is 17.6 Å². The molecule has 2 amide bonds. The molecule has 5 nitrogen and oxygen atoms in total. The molecule has 3 rings (SSSR count). The van der Waals surface area contributed by atoms with Gasteiger partial charge in [-0.15, -0.1) is 11.3 Å². The number of benzene rings is 1. The quantitative estimate of drug-likeness (QED) is 0.776. The van der Waals surface area contributed by atoms with Crippen molar-refractivity contribution in [1.82, 2.24) is 15.2 Å². The molecular weight excluding hydrogens is 382 g/mol. The first kappa shape index (κ1) is 21.5. The highest BCUT2D eigenvalue weighted by atomic mass is 32.1. The monoisotopic (exact) mass is 413 g/mol. The van der Waals surface area contributed by atoms with Crippen LogP contribution in [0.2, 0.25) is 0 Å². The number of piperidine rings is 1. The molecule has 0 spiro atoms. The van der Waals surface area contributed by atoms with Crippen molar-refractivity contribution in [3.8, 4) is 0 Å². The fraction of sp³-hybridized carbons (Fsp3) is 0.522. The number of thiazole rings is 1. The van der Waals surface area contributed by atoms with Crippen molar-refractivity contribution in [2.75, 3.05) is 19.6 Å². The van der Waals surface area contributed by atoms with Gasteiger partial charge in [0.05, 0.1) is 10.7 Å². The number of amides is 2. The molecular formula is C23H31N3O2S. The van der Waals surface area contributed by atoms with Crippen molar-refractivity contribution in [3.05, 3.63) is 51.0 Å². The van der Waals surface area contributed by atoms with E-state index in [1.165, 1.54) is 5.56 Å². The van der Waals surface area contributed by atoms with Crippen molar-refractivity contribution in [2.24, 2.45) is 5.92 Å². The summed E-state index contributed by atoms with van der Waals surface area (Å²) in [6.07, 6.45) is 2.67. The Morgan fingerprint density at radius 2 is 1.93 bits per heavy atom. The molecule has 1 aromatic heterocycles. The van der Waals surface area contributed by atoms with Crippen molar-refractivity contribution < 1.29 is 9.59 Å². The number of aryl methyl sites for hydroxylation is 2. The summed E-state index contributed by atoms with van der Waals surface area (Å²) in [5.41, 5.74) is 4.20. The molecule has 1 N–H and O–H groups in total. The molecule has 29 heavy (non-hydrogen) atoms. The van der Waals surface area contributed by atoms with Gasteiger partial charge in [0.15, 0.2) is 0 Å². The number of nitrogens with zero attached hydrogens (tertiary/aromatic N) is 2. The lowest BCUT2D eigenvalue weighted by Gasteiger charge is -2.31. The summed E-state index contributed by atoms with van der Waals surface area (Å²) in [4.78, 5) is 31.2. The van der Waals surface area contributed by atoms with Gasteiger partial charge >= 0.3 is 0 Å². The van der Waals surface area contributed by atoms with Crippen molar-refractivity contribution >= 4 is 23.2 Å². The van der Waals surface area contributed by atoms with E-state index in [-0.39, 0.29) is 17.7 Å². The van der Waals surface area contributed by atoms with Crippen LogP contribution in [0.3, 0.4) is 0 Å². The van der Waals surface area contributed by atoms with Crippen LogP contribution in [0.15, 0.2) is 23.6 Å². The molecule has 0 aliphatic carbocycles. The summed E-state index contributed by atoms with van der Waals surface area (Å²) in [6, 6.07) is 5.95. The van der Waals surface area contributed by atoms with Gasteiger partial charge in [-0.2, -0.15) is 0 Å². The largest absolute Gasteiger partial charge is 0.355 e. The van der Waals surface area contributed by atoms with E-state index in [1.54, 1.807) is 11.3 Å². The molecule has 1 aromatic carbocycles. The average Bonchev–Trinajstić information content (AvgIpc) is 3.18. The number of nitrogens with one attached hydrogen (secondary N) is 1. The number of carbonyl (C=O) groups excluding carboxylic acids is 2. The van der Waals surface area contributed by atoms with Gasteiger partial charge in [-0.1, -0.05) is 19.9 Å². The third kappa shape index (κ3) is 5.44. The summed E-state index contributed by atoms with van der Waals surface area (Å²) < 4.78 is 0. The summed E-state index contributed by atoms with van der Waals surface area (Å²) >= 11 is 1.70. The summed E-state index contributed by atoms with van der Waals surface area (Å²) in [7, 11) is 0. The molecule has 0 saturated carbocycles. The van der Waals surface area contributed by atoms with E-state index in [4.69, 9.17) is 4.98 Å². The molecule has 6 heteroatoms. The second-order valence-electron chi connectivity index (χ2n) is 8.24. The zero-order valence-corrected chi connectivity index (χ0v) is 18.6. The van der Waals surface area contributed by atoms with Gasteiger partial charge in [-0.3, -0.25) is 9.59 Å². The SMILES string of the molecule is Cc1ccc(C(=O)N2CCC(c3nc(CCNC(=O)C(C)C)cs3)CC2)cc1C. The van der Waals surface area contributed by atoms with Crippen LogP contribution in [0.4, 0.5) is 0 Å². The fourth-order valence-electron chi connectivity index (χ4n) is 3.53. The predicted molar refractivity (Wildman–Crippen MR) is 117 cm³/mol. The second kappa shape index (κ2) is 9.53. The maximum atomic E-state index is 12.8. The highest BCUT2D eigenvalue weighted by Crippen LogP contribution is 2.31.